The number of aromatic amines is 1. The van der Waals surface area contributed by atoms with Gasteiger partial charge in [-0.15, -0.1) is 0 Å². The molecule has 0 saturated carbocycles. The van der Waals surface area contributed by atoms with E-state index >= 15 is 0 Å². The van der Waals surface area contributed by atoms with Crippen molar-refractivity contribution in [3.63, 3.8) is 0 Å². The average Bonchev–Trinajstić information content (AvgIpc) is 3.34. The van der Waals surface area contributed by atoms with Gasteiger partial charge < -0.3 is 10.3 Å². The van der Waals surface area contributed by atoms with Crippen molar-refractivity contribution in [2.75, 3.05) is 15.9 Å². The lowest BCUT2D eigenvalue weighted by Gasteiger charge is -2.22. The SMILES string of the molecule is CC1Cc2cc(C(=O)Nc3ccccc3-n3ncc4c(=O)[nH]cnc43)ccc2N1S(C)(=O)=O. The topological polar surface area (TPSA) is 130 Å². The van der Waals surface area contributed by atoms with Crippen molar-refractivity contribution < 1.29 is 13.2 Å². The summed E-state index contributed by atoms with van der Waals surface area (Å²) in [6.45, 7) is 1.84. The number of benzene rings is 2. The van der Waals surface area contributed by atoms with Crippen molar-refractivity contribution >= 4 is 38.3 Å². The Labute approximate surface area is 188 Å². The minimum Gasteiger partial charge on any atom is -0.320 e. The van der Waals surface area contributed by atoms with Crippen molar-refractivity contribution in [2.45, 2.75) is 19.4 Å². The predicted molar refractivity (Wildman–Crippen MR) is 124 cm³/mol. The Bertz CT molecular complexity index is 1570. The predicted octanol–water partition coefficient (Wildman–Crippen LogP) is 2.07. The van der Waals surface area contributed by atoms with Crippen molar-refractivity contribution in [2.24, 2.45) is 0 Å². The standard InChI is InChI=1S/C22H20N6O4S/c1-13-9-15-10-14(7-8-18(15)28(13)33(2,31)32)21(29)26-17-5-3-4-6-19(17)27-20-16(11-25-27)22(30)24-12-23-20/h3-8,10-13H,9H2,1-2H3,(H,26,29)(H,23,24,30). The number of hydrogen-bond acceptors (Lipinski definition) is 6. The zero-order valence-electron chi connectivity index (χ0n) is 17.8. The molecule has 10 nitrogen and oxygen atoms in total. The van der Waals surface area contributed by atoms with E-state index in [9.17, 15) is 18.0 Å². The van der Waals surface area contributed by atoms with Crippen LogP contribution < -0.4 is 15.2 Å². The van der Waals surface area contributed by atoms with Gasteiger partial charge in [0.05, 0.1) is 35.8 Å². The molecule has 0 radical (unpaired) electrons. The quantitative estimate of drug-likeness (QED) is 0.476. The summed E-state index contributed by atoms with van der Waals surface area (Å²) in [5.41, 5.74) is 2.91. The lowest BCUT2D eigenvalue weighted by atomic mass is 10.1. The maximum Gasteiger partial charge on any atom is 0.261 e. The third-order valence-corrected chi connectivity index (χ3v) is 6.87. The Morgan fingerprint density at radius 3 is 2.76 bits per heavy atom. The Morgan fingerprint density at radius 2 is 1.97 bits per heavy atom. The van der Waals surface area contributed by atoms with E-state index in [0.29, 0.717) is 40.1 Å². The monoisotopic (exact) mass is 464 g/mol. The molecule has 0 bridgehead atoms. The number of hydrogen-bond donors (Lipinski definition) is 2. The van der Waals surface area contributed by atoms with Crippen LogP contribution in [0.3, 0.4) is 0 Å². The largest absolute Gasteiger partial charge is 0.320 e. The number of nitrogens with one attached hydrogen (secondary N) is 2. The lowest BCUT2D eigenvalue weighted by molar-refractivity contribution is 0.102. The first-order valence-corrected chi connectivity index (χ1v) is 12.0. The number of rotatable bonds is 4. The van der Waals surface area contributed by atoms with Gasteiger partial charge in [-0.05, 0) is 49.2 Å². The van der Waals surface area contributed by atoms with Crippen LogP contribution in [-0.2, 0) is 16.4 Å². The highest BCUT2D eigenvalue weighted by Crippen LogP contribution is 2.35. The van der Waals surface area contributed by atoms with E-state index in [-0.39, 0.29) is 17.5 Å². The van der Waals surface area contributed by atoms with E-state index in [0.717, 1.165) is 5.56 Å². The second kappa shape index (κ2) is 7.55. The summed E-state index contributed by atoms with van der Waals surface area (Å²) in [6.07, 6.45) is 4.43. The molecular formula is C22H20N6O4S. The zero-order valence-corrected chi connectivity index (χ0v) is 18.6. The summed E-state index contributed by atoms with van der Waals surface area (Å²) >= 11 is 0. The fraction of sp³-hybridized carbons (Fsp3) is 0.182. The van der Waals surface area contributed by atoms with Crippen LogP contribution in [0.25, 0.3) is 16.7 Å². The van der Waals surface area contributed by atoms with Crippen LogP contribution in [0.5, 0.6) is 0 Å². The maximum absolute atomic E-state index is 13.1. The molecule has 168 valence electrons. The molecule has 0 spiro atoms. The first-order chi connectivity index (χ1) is 15.7. The van der Waals surface area contributed by atoms with Crippen LogP contribution in [0.1, 0.15) is 22.8 Å². The Morgan fingerprint density at radius 1 is 1.18 bits per heavy atom. The van der Waals surface area contributed by atoms with Crippen molar-refractivity contribution in [1.82, 2.24) is 19.7 Å². The fourth-order valence-corrected chi connectivity index (χ4v) is 5.50. The lowest BCUT2D eigenvalue weighted by Crippen LogP contribution is -2.34. The number of carbonyl (C=O) groups excluding carboxylic acids is 1. The molecule has 3 heterocycles. The maximum atomic E-state index is 13.1. The molecule has 1 atom stereocenters. The molecule has 0 fully saturated rings. The molecular weight excluding hydrogens is 444 g/mol. The van der Waals surface area contributed by atoms with E-state index in [1.54, 1.807) is 42.5 Å². The van der Waals surface area contributed by atoms with E-state index in [1.165, 1.54) is 27.8 Å². The fourth-order valence-electron chi connectivity index (χ4n) is 4.24. The highest BCUT2D eigenvalue weighted by Gasteiger charge is 2.32. The van der Waals surface area contributed by atoms with Gasteiger partial charge in [-0.1, -0.05) is 12.1 Å². The number of para-hydroxylation sites is 2. The summed E-state index contributed by atoms with van der Waals surface area (Å²) in [5.74, 6) is -0.349. The molecule has 33 heavy (non-hydrogen) atoms. The van der Waals surface area contributed by atoms with Gasteiger partial charge in [0, 0.05) is 11.6 Å². The number of H-pyrrole nitrogens is 1. The van der Waals surface area contributed by atoms with Crippen LogP contribution in [0.4, 0.5) is 11.4 Å². The third-order valence-electron chi connectivity index (χ3n) is 5.60. The summed E-state index contributed by atoms with van der Waals surface area (Å²) in [6, 6.07) is 11.8. The summed E-state index contributed by atoms with van der Waals surface area (Å²) in [4.78, 5) is 31.8. The molecule has 5 rings (SSSR count). The first kappa shape index (κ1) is 20.9. The highest BCUT2D eigenvalue weighted by molar-refractivity contribution is 7.92. The third kappa shape index (κ3) is 3.55. The summed E-state index contributed by atoms with van der Waals surface area (Å²) in [7, 11) is -3.41. The van der Waals surface area contributed by atoms with Gasteiger partial charge in [0.15, 0.2) is 5.65 Å². The number of anilines is 2. The van der Waals surface area contributed by atoms with Crippen LogP contribution in [-0.4, -0.2) is 46.4 Å². The van der Waals surface area contributed by atoms with Crippen molar-refractivity contribution in [1.29, 1.82) is 0 Å². The molecule has 2 N–H and O–H groups in total. The van der Waals surface area contributed by atoms with Crippen molar-refractivity contribution in [3.8, 4) is 5.69 Å². The molecule has 1 aliphatic heterocycles. The van der Waals surface area contributed by atoms with Gasteiger partial charge in [-0.25, -0.2) is 18.1 Å². The molecule has 0 aliphatic carbocycles. The van der Waals surface area contributed by atoms with Crippen LogP contribution in [0.15, 0.2) is 59.8 Å². The van der Waals surface area contributed by atoms with E-state index in [1.807, 2.05) is 6.92 Å². The number of carbonyl (C=O) groups is 1. The average molecular weight is 465 g/mol. The van der Waals surface area contributed by atoms with E-state index in [2.05, 4.69) is 20.4 Å². The Hall–Kier alpha value is -3.99. The second-order valence-corrected chi connectivity index (χ2v) is 9.81. The smallest absolute Gasteiger partial charge is 0.261 e. The minimum absolute atomic E-state index is 0.210. The normalized spacial score (nSPS) is 15.6. The zero-order chi connectivity index (χ0) is 23.3. The van der Waals surface area contributed by atoms with Gasteiger partial charge in [0.2, 0.25) is 10.0 Å². The molecule has 1 amide bonds. The minimum atomic E-state index is -3.41. The molecule has 11 heteroatoms. The van der Waals surface area contributed by atoms with Crippen molar-refractivity contribution in [3.05, 3.63) is 76.5 Å². The van der Waals surface area contributed by atoms with Gasteiger partial charge in [0.1, 0.15) is 5.39 Å². The second-order valence-electron chi connectivity index (χ2n) is 7.95. The van der Waals surface area contributed by atoms with E-state index in [4.69, 9.17) is 0 Å². The Kier molecular flexibility index (Phi) is 4.78. The number of fused-ring (bicyclic) bond motifs is 2. The van der Waals surface area contributed by atoms with Crippen LogP contribution >= 0.6 is 0 Å². The number of aromatic nitrogens is 4. The first-order valence-electron chi connectivity index (χ1n) is 10.2. The Balaban J connectivity index is 1.48. The molecule has 1 unspecified atom stereocenters. The number of sulfonamides is 1. The molecule has 2 aromatic heterocycles. The number of amides is 1. The van der Waals surface area contributed by atoms with Gasteiger partial charge in [-0.2, -0.15) is 5.10 Å². The summed E-state index contributed by atoms with van der Waals surface area (Å²) in [5, 5.41) is 7.50. The number of nitrogens with zero attached hydrogens (tertiary/aromatic N) is 4. The molecule has 2 aromatic carbocycles. The van der Waals surface area contributed by atoms with Gasteiger partial charge >= 0.3 is 0 Å². The summed E-state index contributed by atoms with van der Waals surface area (Å²) < 4.78 is 27.2. The van der Waals surface area contributed by atoms with Crippen LogP contribution in [0.2, 0.25) is 0 Å². The molecule has 0 saturated heterocycles. The van der Waals surface area contributed by atoms with Gasteiger partial charge in [-0.3, -0.25) is 13.9 Å². The van der Waals surface area contributed by atoms with E-state index < -0.39 is 10.0 Å². The highest BCUT2D eigenvalue weighted by atomic mass is 32.2. The van der Waals surface area contributed by atoms with Crippen LogP contribution in [0, 0.1) is 0 Å². The van der Waals surface area contributed by atoms with Gasteiger partial charge in [0.25, 0.3) is 11.5 Å². The molecule has 4 aromatic rings. The molecule has 1 aliphatic rings.